The predicted molar refractivity (Wildman–Crippen MR) is 136 cm³/mol. The lowest BCUT2D eigenvalue weighted by Gasteiger charge is -2.44. The summed E-state index contributed by atoms with van der Waals surface area (Å²) in [6.45, 7) is 3.80. The third-order valence-corrected chi connectivity index (χ3v) is 6.83. The number of amides is 3. The quantitative estimate of drug-likeness (QED) is 0.524. The minimum absolute atomic E-state index is 0.0261. The molecule has 1 aromatic heterocycles. The van der Waals surface area contributed by atoms with Crippen molar-refractivity contribution in [2.24, 2.45) is 5.73 Å². The average molecular weight is 510 g/mol. The Kier molecular flexibility index (Phi) is 8.09. The van der Waals surface area contributed by atoms with Gasteiger partial charge in [0.2, 0.25) is 11.8 Å². The predicted octanol–water partition coefficient (Wildman–Crippen LogP) is 1.48. The highest BCUT2D eigenvalue weighted by Gasteiger charge is 2.51. The zero-order chi connectivity index (χ0) is 26.6. The van der Waals surface area contributed by atoms with Gasteiger partial charge in [0.15, 0.2) is 0 Å². The van der Waals surface area contributed by atoms with E-state index in [4.69, 9.17) is 15.2 Å². The Balaban J connectivity index is 1.57. The number of aromatic nitrogens is 1. The number of hydrogen-bond donors (Lipinski definition) is 2. The van der Waals surface area contributed by atoms with Crippen molar-refractivity contribution in [1.82, 2.24) is 20.1 Å². The van der Waals surface area contributed by atoms with Gasteiger partial charge in [-0.15, -0.1) is 0 Å². The van der Waals surface area contributed by atoms with Gasteiger partial charge in [-0.3, -0.25) is 14.6 Å². The number of pyridine rings is 1. The fraction of sp³-hybridized carbons (Fsp3) is 0.481. The van der Waals surface area contributed by atoms with E-state index < -0.39 is 29.6 Å². The van der Waals surface area contributed by atoms with Gasteiger partial charge in [-0.05, 0) is 31.5 Å². The number of likely N-dealkylation sites (N-methyl/N-ethyl adjacent to an activating group) is 1. The first kappa shape index (κ1) is 26.6. The Morgan fingerprint density at radius 1 is 1.22 bits per heavy atom. The van der Waals surface area contributed by atoms with Gasteiger partial charge in [0.25, 0.3) is 0 Å². The number of nitrogens with zero attached hydrogens (tertiary/aromatic N) is 3. The number of fused-ring (bicyclic) bond motifs is 1. The molecule has 10 nitrogen and oxygen atoms in total. The average Bonchev–Trinajstić information content (AvgIpc) is 3.17. The van der Waals surface area contributed by atoms with Gasteiger partial charge in [0.05, 0.1) is 30.8 Å². The molecule has 37 heavy (non-hydrogen) atoms. The minimum atomic E-state index is -1.18. The molecule has 2 saturated heterocycles. The van der Waals surface area contributed by atoms with Gasteiger partial charge < -0.3 is 30.3 Å². The molecule has 4 rings (SSSR count). The zero-order valence-electron chi connectivity index (χ0n) is 21.5. The van der Waals surface area contributed by atoms with Crippen molar-refractivity contribution in [3.05, 3.63) is 66.0 Å². The molecule has 198 valence electrons. The van der Waals surface area contributed by atoms with Crippen LogP contribution in [0.15, 0.2) is 54.7 Å². The van der Waals surface area contributed by atoms with E-state index in [1.54, 1.807) is 36.9 Å². The summed E-state index contributed by atoms with van der Waals surface area (Å²) in [6, 6.07) is 13.5. The number of rotatable bonds is 9. The third-order valence-electron chi connectivity index (χ3n) is 6.83. The molecule has 2 fully saturated rings. The molecule has 0 radical (unpaired) electrons. The number of carbonyl (C=O) groups excluding carboxylic acids is 3. The summed E-state index contributed by atoms with van der Waals surface area (Å²) in [4.78, 5) is 46.9. The van der Waals surface area contributed by atoms with Crippen molar-refractivity contribution in [3.8, 4) is 0 Å². The molecule has 10 heteroatoms. The van der Waals surface area contributed by atoms with Crippen molar-refractivity contribution in [2.75, 3.05) is 20.2 Å². The molecule has 0 aliphatic carbocycles. The molecule has 4 atom stereocenters. The first-order valence-electron chi connectivity index (χ1n) is 12.5. The summed E-state index contributed by atoms with van der Waals surface area (Å²) in [5.41, 5.74) is 6.58. The molecule has 2 aliphatic heterocycles. The van der Waals surface area contributed by atoms with E-state index in [9.17, 15) is 14.4 Å². The summed E-state index contributed by atoms with van der Waals surface area (Å²) >= 11 is 0. The second-order valence-corrected chi connectivity index (χ2v) is 10.2. The number of ether oxygens (including phenoxy) is 2. The van der Waals surface area contributed by atoms with E-state index in [0.29, 0.717) is 26.0 Å². The van der Waals surface area contributed by atoms with Crippen molar-refractivity contribution >= 4 is 17.9 Å². The summed E-state index contributed by atoms with van der Waals surface area (Å²) in [7, 11) is 1.69. The fourth-order valence-electron chi connectivity index (χ4n) is 4.83. The maximum atomic E-state index is 14.0. The molecule has 3 amide bonds. The van der Waals surface area contributed by atoms with Crippen molar-refractivity contribution in [3.63, 3.8) is 0 Å². The molecule has 2 aromatic rings. The molecule has 3 unspecified atom stereocenters. The highest BCUT2D eigenvalue weighted by atomic mass is 16.6. The van der Waals surface area contributed by atoms with Gasteiger partial charge in [-0.25, -0.2) is 4.79 Å². The van der Waals surface area contributed by atoms with E-state index in [2.05, 4.69) is 10.3 Å². The molecular formula is C27H35N5O5. The smallest absolute Gasteiger partial charge is 0.410 e. The Labute approximate surface area is 217 Å². The first-order valence-corrected chi connectivity index (χ1v) is 12.5. The van der Waals surface area contributed by atoms with Crippen LogP contribution in [0.3, 0.4) is 0 Å². The Hall–Kier alpha value is -3.50. The van der Waals surface area contributed by atoms with Gasteiger partial charge in [-0.2, -0.15) is 0 Å². The second kappa shape index (κ2) is 11.3. The van der Waals surface area contributed by atoms with Crippen LogP contribution in [0.4, 0.5) is 4.79 Å². The second-order valence-electron chi connectivity index (χ2n) is 10.2. The van der Waals surface area contributed by atoms with Crippen LogP contribution in [-0.4, -0.2) is 82.7 Å². The summed E-state index contributed by atoms with van der Waals surface area (Å²) in [5.74, 6) is -0.750. The summed E-state index contributed by atoms with van der Waals surface area (Å²) in [6.07, 6.45) is 1.91. The monoisotopic (exact) mass is 509 g/mol. The van der Waals surface area contributed by atoms with Crippen LogP contribution in [0.5, 0.6) is 0 Å². The fourth-order valence-corrected chi connectivity index (χ4v) is 4.83. The Morgan fingerprint density at radius 3 is 2.62 bits per heavy atom. The van der Waals surface area contributed by atoms with E-state index in [0.717, 1.165) is 11.3 Å². The molecule has 3 N–H and O–H groups in total. The molecule has 2 aliphatic rings. The number of carbonyl (C=O) groups is 3. The number of nitrogens with two attached hydrogens (primary N) is 1. The van der Waals surface area contributed by atoms with Crippen LogP contribution in [0, 0.1) is 0 Å². The Morgan fingerprint density at radius 2 is 1.95 bits per heavy atom. The van der Waals surface area contributed by atoms with Crippen LogP contribution in [-0.2, 0) is 32.1 Å². The molecule has 3 heterocycles. The molecule has 0 saturated carbocycles. The van der Waals surface area contributed by atoms with Crippen molar-refractivity contribution < 1.29 is 23.9 Å². The molecule has 0 bridgehead atoms. The molecular weight excluding hydrogens is 474 g/mol. The van der Waals surface area contributed by atoms with E-state index in [1.807, 2.05) is 48.5 Å². The lowest BCUT2D eigenvalue weighted by molar-refractivity contribution is -0.144. The van der Waals surface area contributed by atoms with Crippen LogP contribution in [0.2, 0.25) is 0 Å². The van der Waals surface area contributed by atoms with E-state index in [1.165, 1.54) is 0 Å². The maximum absolute atomic E-state index is 14.0. The van der Waals surface area contributed by atoms with Crippen LogP contribution < -0.4 is 11.1 Å². The maximum Gasteiger partial charge on any atom is 0.410 e. The number of benzene rings is 1. The lowest BCUT2D eigenvalue weighted by Crippen LogP contribution is -2.64. The number of piperidine rings is 1. The van der Waals surface area contributed by atoms with Crippen LogP contribution in [0.1, 0.15) is 31.5 Å². The number of likely N-dealkylation sites (tertiary alicyclic amines) is 1. The van der Waals surface area contributed by atoms with Crippen molar-refractivity contribution in [2.45, 2.75) is 63.1 Å². The summed E-state index contributed by atoms with van der Waals surface area (Å²) < 4.78 is 11.5. The molecule has 0 spiro atoms. The van der Waals surface area contributed by atoms with E-state index >= 15 is 0 Å². The molecule has 1 aromatic carbocycles. The minimum Gasteiger partial charge on any atom is -0.444 e. The largest absolute Gasteiger partial charge is 0.444 e. The summed E-state index contributed by atoms with van der Waals surface area (Å²) in [5, 5.41) is 2.80. The van der Waals surface area contributed by atoms with Crippen LogP contribution in [0.25, 0.3) is 0 Å². The lowest BCUT2D eigenvalue weighted by atomic mass is 9.89. The Bertz CT molecular complexity index is 1090. The number of nitrogens with one attached hydrogen (secondary N) is 1. The van der Waals surface area contributed by atoms with E-state index in [-0.39, 0.29) is 24.7 Å². The third kappa shape index (κ3) is 6.26. The standard InChI is InChI=1S/C27H35N5O5/c1-27(2,28)25(34)30-20(17-36-16-18-9-5-4-6-10-18)24(33)32-14-12-22-23(31(3)26(35)37-22)21(32)15-19-11-7-8-13-29-19/h4-11,13,20-23H,12,14-17,28H2,1-3H3,(H,30,34)/t20-,21?,22?,23?/m1/s1. The topological polar surface area (TPSA) is 127 Å². The first-order chi connectivity index (χ1) is 17.6. The van der Waals surface area contributed by atoms with Gasteiger partial charge >= 0.3 is 6.09 Å². The van der Waals surface area contributed by atoms with Crippen LogP contribution >= 0.6 is 0 Å². The highest BCUT2D eigenvalue weighted by Crippen LogP contribution is 2.32. The zero-order valence-corrected chi connectivity index (χ0v) is 21.5. The highest BCUT2D eigenvalue weighted by molar-refractivity contribution is 5.92. The SMILES string of the molecule is CN1C(=O)OC2CCN(C(=O)[C@@H](COCc3ccccc3)NC(=O)C(C)(C)N)C(Cc3ccccn3)C21. The van der Waals surface area contributed by atoms with Gasteiger partial charge in [-0.1, -0.05) is 36.4 Å². The van der Waals surface area contributed by atoms with Gasteiger partial charge in [0.1, 0.15) is 12.1 Å². The van der Waals surface area contributed by atoms with Crippen molar-refractivity contribution in [1.29, 1.82) is 0 Å². The number of hydrogen-bond acceptors (Lipinski definition) is 7. The normalized spacial score (nSPS) is 22.3. The van der Waals surface area contributed by atoms with Gasteiger partial charge in [0, 0.05) is 38.3 Å².